The molecule has 0 aliphatic carbocycles. The molecule has 1 fully saturated rings. The fourth-order valence-electron chi connectivity index (χ4n) is 1.62. The zero-order valence-corrected chi connectivity index (χ0v) is 11.8. The first-order chi connectivity index (χ1) is 8.27. The number of thioether (sulfide) groups is 2. The standard InChI is InChI=1S/C11H15N3S3/c12-11(15)10-9(2-1-3-13-10)14-6-8-7-16-4-5-17-8/h1-3,8,14H,4-7H2,(H2,12,15). The van der Waals surface area contributed by atoms with Gasteiger partial charge >= 0.3 is 0 Å². The maximum atomic E-state index is 5.64. The number of aromatic nitrogens is 1. The van der Waals surface area contributed by atoms with Gasteiger partial charge in [-0.25, -0.2) is 0 Å². The van der Waals surface area contributed by atoms with E-state index in [9.17, 15) is 0 Å². The summed E-state index contributed by atoms with van der Waals surface area (Å²) in [5, 5.41) is 4.06. The molecule has 3 N–H and O–H groups in total. The van der Waals surface area contributed by atoms with Crippen LogP contribution in [0.15, 0.2) is 18.3 Å². The minimum atomic E-state index is 0.346. The molecule has 1 saturated heterocycles. The zero-order chi connectivity index (χ0) is 12.1. The van der Waals surface area contributed by atoms with E-state index in [1.54, 1.807) is 6.20 Å². The average Bonchev–Trinajstić information content (AvgIpc) is 2.38. The maximum absolute atomic E-state index is 5.64. The quantitative estimate of drug-likeness (QED) is 0.825. The molecule has 1 aliphatic heterocycles. The number of nitrogens with one attached hydrogen (secondary N) is 1. The number of anilines is 1. The van der Waals surface area contributed by atoms with E-state index in [2.05, 4.69) is 10.3 Å². The predicted octanol–water partition coefficient (Wildman–Crippen LogP) is 1.98. The summed E-state index contributed by atoms with van der Waals surface area (Å²) in [7, 11) is 0. The molecule has 1 aromatic heterocycles. The molecule has 1 aromatic rings. The second kappa shape index (κ2) is 6.47. The highest BCUT2D eigenvalue weighted by Gasteiger charge is 2.14. The summed E-state index contributed by atoms with van der Waals surface area (Å²) in [6, 6.07) is 3.87. The van der Waals surface area contributed by atoms with Gasteiger partial charge in [-0.3, -0.25) is 4.98 Å². The molecule has 0 amide bonds. The van der Waals surface area contributed by atoms with Crippen LogP contribution in [0.2, 0.25) is 0 Å². The molecular weight excluding hydrogens is 270 g/mol. The first kappa shape index (κ1) is 13.0. The monoisotopic (exact) mass is 285 g/mol. The van der Waals surface area contributed by atoms with Crippen molar-refractivity contribution in [3.05, 3.63) is 24.0 Å². The number of hydrogen-bond donors (Lipinski definition) is 2. The molecule has 0 aromatic carbocycles. The van der Waals surface area contributed by atoms with Gasteiger partial charge in [0, 0.05) is 35.3 Å². The summed E-state index contributed by atoms with van der Waals surface area (Å²) in [6.45, 7) is 0.943. The summed E-state index contributed by atoms with van der Waals surface area (Å²) in [5.74, 6) is 3.72. The second-order valence-electron chi connectivity index (χ2n) is 3.71. The Morgan fingerprint density at radius 1 is 1.59 bits per heavy atom. The molecule has 92 valence electrons. The number of nitrogens with two attached hydrogens (primary N) is 1. The van der Waals surface area contributed by atoms with Crippen LogP contribution in [0, 0.1) is 0 Å². The van der Waals surface area contributed by atoms with Crippen LogP contribution in [0.3, 0.4) is 0 Å². The van der Waals surface area contributed by atoms with Gasteiger partial charge in [-0.1, -0.05) is 12.2 Å². The fourth-order valence-corrected chi connectivity index (χ4v) is 4.40. The lowest BCUT2D eigenvalue weighted by atomic mass is 10.3. The van der Waals surface area contributed by atoms with E-state index < -0.39 is 0 Å². The van der Waals surface area contributed by atoms with E-state index in [1.807, 2.05) is 35.7 Å². The summed E-state index contributed by atoms with van der Waals surface area (Å²) in [5.41, 5.74) is 7.27. The molecule has 1 unspecified atom stereocenters. The minimum Gasteiger partial charge on any atom is -0.388 e. The van der Waals surface area contributed by atoms with Crippen LogP contribution in [0.4, 0.5) is 5.69 Å². The maximum Gasteiger partial charge on any atom is 0.124 e. The van der Waals surface area contributed by atoms with Gasteiger partial charge in [-0.15, -0.1) is 0 Å². The van der Waals surface area contributed by atoms with E-state index in [-0.39, 0.29) is 0 Å². The minimum absolute atomic E-state index is 0.346. The first-order valence-corrected chi connectivity index (χ1v) is 8.06. The smallest absolute Gasteiger partial charge is 0.124 e. The van der Waals surface area contributed by atoms with Crippen molar-refractivity contribution in [2.24, 2.45) is 5.73 Å². The van der Waals surface area contributed by atoms with Crippen LogP contribution >= 0.6 is 35.7 Å². The van der Waals surface area contributed by atoms with Crippen molar-refractivity contribution in [1.82, 2.24) is 4.98 Å². The molecule has 17 heavy (non-hydrogen) atoms. The lowest BCUT2D eigenvalue weighted by molar-refractivity contribution is 1.00. The van der Waals surface area contributed by atoms with E-state index in [1.165, 1.54) is 17.3 Å². The molecule has 0 radical (unpaired) electrons. The number of pyridine rings is 1. The van der Waals surface area contributed by atoms with Gasteiger partial charge in [-0.05, 0) is 12.1 Å². The van der Waals surface area contributed by atoms with Gasteiger partial charge < -0.3 is 11.1 Å². The van der Waals surface area contributed by atoms with Crippen LogP contribution in [-0.2, 0) is 0 Å². The molecular formula is C11H15N3S3. The first-order valence-electron chi connectivity index (χ1n) is 5.45. The van der Waals surface area contributed by atoms with E-state index in [0.29, 0.717) is 15.9 Å². The lowest BCUT2D eigenvalue weighted by Crippen LogP contribution is -2.24. The Labute approximate surface area is 115 Å². The summed E-state index contributed by atoms with van der Waals surface area (Å²) in [6.07, 6.45) is 1.71. The molecule has 6 heteroatoms. The highest BCUT2D eigenvalue weighted by Crippen LogP contribution is 2.24. The molecule has 0 bridgehead atoms. The van der Waals surface area contributed by atoms with Crippen molar-refractivity contribution < 1.29 is 0 Å². The molecule has 1 aliphatic rings. The highest BCUT2D eigenvalue weighted by molar-refractivity contribution is 8.06. The third-order valence-electron chi connectivity index (χ3n) is 2.45. The summed E-state index contributed by atoms with van der Waals surface area (Å²) in [4.78, 5) is 4.55. The van der Waals surface area contributed by atoms with E-state index in [4.69, 9.17) is 18.0 Å². The van der Waals surface area contributed by atoms with Gasteiger partial charge in [0.1, 0.15) is 10.7 Å². The van der Waals surface area contributed by atoms with Crippen LogP contribution < -0.4 is 11.1 Å². The Bertz CT molecular complexity index is 391. The Hall–Kier alpha value is -0.460. The highest BCUT2D eigenvalue weighted by atomic mass is 32.2. The van der Waals surface area contributed by atoms with Gasteiger partial charge in [0.25, 0.3) is 0 Å². The Kier molecular flexibility index (Phi) is 4.94. The third kappa shape index (κ3) is 3.76. The van der Waals surface area contributed by atoms with E-state index >= 15 is 0 Å². The molecule has 2 heterocycles. The number of thiocarbonyl (C=S) groups is 1. The lowest BCUT2D eigenvalue weighted by Gasteiger charge is -2.22. The number of hydrogen-bond acceptors (Lipinski definition) is 5. The number of nitrogens with zero attached hydrogens (tertiary/aromatic N) is 1. The van der Waals surface area contributed by atoms with Gasteiger partial charge in [0.2, 0.25) is 0 Å². The normalized spacial score (nSPS) is 19.9. The predicted molar refractivity (Wildman–Crippen MR) is 82.2 cm³/mol. The Balaban J connectivity index is 1.96. The van der Waals surface area contributed by atoms with Gasteiger partial charge in [-0.2, -0.15) is 23.5 Å². The molecule has 3 nitrogen and oxygen atoms in total. The summed E-state index contributed by atoms with van der Waals surface area (Å²) >= 11 is 9.04. The van der Waals surface area contributed by atoms with Crippen molar-refractivity contribution in [2.75, 3.05) is 29.1 Å². The van der Waals surface area contributed by atoms with Crippen molar-refractivity contribution in [2.45, 2.75) is 5.25 Å². The second-order valence-corrected chi connectivity index (χ2v) is 6.71. The molecule has 1 atom stereocenters. The Morgan fingerprint density at radius 2 is 2.47 bits per heavy atom. The zero-order valence-electron chi connectivity index (χ0n) is 9.39. The average molecular weight is 285 g/mol. The molecule has 0 spiro atoms. The van der Waals surface area contributed by atoms with Crippen LogP contribution in [-0.4, -0.2) is 39.0 Å². The fraction of sp³-hybridized carbons (Fsp3) is 0.455. The SMILES string of the molecule is NC(=S)c1ncccc1NCC1CSCCS1. The largest absolute Gasteiger partial charge is 0.388 e. The van der Waals surface area contributed by atoms with Crippen molar-refractivity contribution in [3.8, 4) is 0 Å². The van der Waals surface area contributed by atoms with Crippen molar-refractivity contribution in [1.29, 1.82) is 0 Å². The third-order valence-corrected chi connectivity index (χ3v) is 5.48. The van der Waals surface area contributed by atoms with Crippen LogP contribution in [0.25, 0.3) is 0 Å². The summed E-state index contributed by atoms with van der Waals surface area (Å²) < 4.78 is 0. The molecule has 2 rings (SSSR count). The van der Waals surface area contributed by atoms with Crippen molar-refractivity contribution in [3.63, 3.8) is 0 Å². The van der Waals surface area contributed by atoms with Crippen LogP contribution in [0.5, 0.6) is 0 Å². The van der Waals surface area contributed by atoms with Gasteiger partial charge in [0.05, 0.1) is 5.69 Å². The molecule has 0 saturated carbocycles. The van der Waals surface area contributed by atoms with Crippen LogP contribution in [0.1, 0.15) is 5.69 Å². The Morgan fingerprint density at radius 3 is 3.18 bits per heavy atom. The van der Waals surface area contributed by atoms with E-state index in [0.717, 1.165) is 12.2 Å². The topological polar surface area (TPSA) is 50.9 Å². The van der Waals surface area contributed by atoms with Crippen molar-refractivity contribution >= 4 is 46.4 Å². The van der Waals surface area contributed by atoms with Gasteiger partial charge in [0.15, 0.2) is 0 Å². The number of rotatable bonds is 4.